The molecule has 0 aromatic carbocycles. The highest BCUT2D eigenvalue weighted by Gasteiger charge is 2.41. The highest BCUT2D eigenvalue weighted by molar-refractivity contribution is 4.72. The molecule has 0 heterocycles. The Hall–Kier alpha value is -0.420. The second-order valence-electron chi connectivity index (χ2n) is 6.02. The van der Waals surface area contributed by atoms with Crippen LogP contribution in [0.15, 0.2) is 12.7 Å². The van der Waals surface area contributed by atoms with Crippen LogP contribution in [-0.2, 0) is 18.9 Å². The lowest BCUT2D eigenvalue weighted by atomic mass is 9.98. The van der Waals surface area contributed by atoms with Gasteiger partial charge >= 0.3 is 0 Å². The Labute approximate surface area is 157 Å². The van der Waals surface area contributed by atoms with Gasteiger partial charge in [0.1, 0.15) is 0 Å². The molecule has 0 spiro atoms. The van der Waals surface area contributed by atoms with E-state index in [4.69, 9.17) is 18.9 Å². The van der Waals surface area contributed by atoms with Gasteiger partial charge in [-0.3, -0.25) is 0 Å². The first-order chi connectivity index (χ1) is 12.1. The van der Waals surface area contributed by atoms with Gasteiger partial charge in [0.2, 0.25) is 0 Å². The minimum Gasteiger partial charge on any atom is -0.384 e. The number of hydrogen-bond donors (Lipinski definition) is 0. The second-order valence-corrected chi connectivity index (χ2v) is 6.02. The molecule has 1 atom stereocenters. The van der Waals surface area contributed by atoms with Crippen LogP contribution in [0.25, 0.3) is 0 Å². The summed E-state index contributed by atoms with van der Waals surface area (Å²) in [4.78, 5) is 0. The summed E-state index contributed by atoms with van der Waals surface area (Å²) in [6.07, 6.45) is 10.4. The molecule has 0 aliphatic heterocycles. The molecule has 0 saturated carbocycles. The Morgan fingerprint density at radius 1 is 0.840 bits per heavy atom. The van der Waals surface area contributed by atoms with Crippen molar-refractivity contribution in [3.05, 3.63) is 12.7 Å². The Bertz CT molecular complexity index is 252. The predicted octanol–water partition coefficient (Wildman–Crippen LogP) is 5.96. The van der Waals surface area contributed by atoms with Crippen LogP contribution in [0.2, 0.25) is 0 Å². The number of methoxy groups -OCH3 is 1. The Morgan fingerprint density at radius 3 is 1.68 bits per heavy atom. The highest BCUT2D eigenvalue weighted by atomic mass is 16.9. The van der Waals surface area contributed by atoms with E-state index in [1.807, 2.05) is 27.7 Å². The van der Waals surface area contributed by atoms with E-state index in [0.717, 1.165) is 12.8 Å². The van der Waals surface area contributed by atoms with Crippen molar-refractivity contribution in [2.75, 3.05) is 33.5 Å². The van der Waals surface area contributed by atoms with E-state index in [1.165, 1.54) is 32.1 Å². The van der Waals surface area contributed by atoms with Crippen molar-refractivity contribution in [1.29, 1.82) is 0 Å². The monoisotopic (exact) mass is 360 g/mol. The third kappa shape index (κ3) is 13.4. The largest absolute Gasteiger partial charge is 0.384 e. The topological polar surface area (TPSA) is 36.9 Å². The van der Waals surface area contributed by atoms with E-state index in [9.17, 15) is 0 Å². The standard InChI is InChI=1S/C18H38O4.C3H6/c1-6-10-11-12-13-14-15-17(16-19-5)18(20-7-2,21-8-3)22-9-4;1-3-2/h17H,6-16H2,1-5H3;3H,1H2,2H3. The molecular formula is C21H44O4. The molecule has 0 aromatic heterocycles. The fourth-order valence-corrected chi connectivity index (χ4v) is 2.82. The van der Waals surface area contributed by atoms with Crippen molar-refractivity contribution in [1.82, 2.24) is 0 Å². The zero-order valence-corrected chi connectivity index (χ0v) is 17.8. The molecule has 0 aliphatic rings. The molecule has 0 fully saturated rings. The SMILES string of the molecule is C=CC.CCCCCCCCC(COC)C(OCC)(OCC)OCC. The summed E-state index contributed by atoms with van der Waals surface area (Å²) in [6, 6.07) is 0. The maximum atomic E-state index is 5.90. The summed E-state index contributed by atoms with van der Waals surface area (Å²) in [5, 5.41) is 0. The van der Waals surface area contributed by atoms with Crippen molar-refractivity contribution in [2.45, 2.75) is 85.5 Å². The van der Waals surface area contributed by atoms with Crippen LogP contribution in [0.4, 0.5) is 0 Å². The smallest absolute Gasteiger partial charge is 0.288 e. The van der Waals surface area contributed by atoms with E-state index >= 15 is 0 Å². The molecule has 0 amide bonds. The third-order valence-electron chi connectivity index (χ3n) is 3.81. The fourth-order valence-electron chi connectivity index (χ4n) is 2.82. The molecule has 0 radical (unpaired) electrons. The first kappa shape index (κ1) is 26.8. The molecule has 0 saturated heterocycles. The molecule has 4 heteroatoms. The minimum absolute atomic E-state index is 0.100. The summed E-state index contributed by atoms with van der Waals surface area (Å²) in [7, 11) is 1.73. The summed E-state index contributed by atoms with van der Waals surface area (Å²) in [5.41, 5.74) is 0. The third-order valence-corrected chi connectivity index (χ3v) is 3.81. The van der Waals surface area contributed by atoms with Gasteiger partial charge in [-0.15, -0.1) is 6.58 Å². The summed E-state index contributed by atoms with van der Waals surface area (Å²) in [6.45, 7) is 15.7. The van der Waals surface area contributed by atoms with E-state index in [0.29, 0.717) is 26.4 Å². The molecule has 0 rings (SSSR count). The van der Waals surface area contributed by atoms with Crippen LogP contribution in [0.5, 0.6) is 0 Å². The average molecular weight is 361 g/mol. The van der Waals surface area contributed by atoms with Crippen molar-refractivity contribution in [3.63, 3.8) is 0 Å². The van der Waals surface area contributed by atoms with Crippen LogP contribution in [-0.4, -0.2) is 39.5 Å². The molecule has 0 aliphatic carbocycles. The van der Waals surface area contributed by atoms with Gasteiger partial charge in [0, 0.05) is 26.9 Å². The molecule has 25 heavy (non-hydrogen) atoms. The lowest BCUT2D eigenvalue weighted by Crippen LogP contribution is -2.48. The number of rotatable bonds is 16. The fraction of sp³-hybridized carbons (Fsp3) is 0.905. The molecule has 4 nitrogen and oxygen atoms in total. The van der Waals surface area contributed by atoms with Crippen molar-refractivity contribution in [2.24, 2.45) is 5.92 Å². The van der Waals surface area contributed by atoms with E-state index < -0.39 is 5.97 Å². The number of ether oxygens (including phenoxy) is 4. The van der Waals surface area contributed by atoms with Crippen molar-refractivity contribution < 1.29 is 18.9 Å². The van der Waals surface area contributed by atoms with E-state index in [1.54, 1.807) is 13.2 Å². The van der Waals surface area contributed by atoms with Gasteiger partial charge < -0.3 is 18.9 Å². The lowest BCUT2D eigenvalue weighted by Gasteiger charge is -2.38. The molecule has 0 aromatic rings. The summed E-state index contributed by atoms with van der Waals surface area (Å²) in [5.74, 6) is -0.860. The van der Waals surface area contributed by atoms with Crippen molar-refractivity contribution in [3.8, 4) is 0 Å². The number of allylic oxidation sites excluding steroid dienone is 1. The Balaban J connectivity index is 0. The quantitative estimate of drug-likeness (QED) is 0.193. The summed E-state index contributed by atoms with van der Waals surface area (Å²) >= 11 is 0. The second kappa shape index (κ2) is 19.9. The first-order valence-corrected chi connectivity index (χ1v) is 10.1. The molecule has 0 N–H and O–H groups in total. The Kier molecular flexibility index (Phi) is 21.3. The van der Waals surface area contributed by atoms with Gasteiger partial charge in [0.05, 0.1) is 12.5 Å². The average Bonchev–Trinajstić information content (AvgIpc) is 2.58. The zero-order chi connectivity index (χ0) is 19.4. The van der Waals surface area contributed by atoms with Crippen LogP contribution in [0.3, 0.4) is 0 Å². The molecule has 0 bridgehead atoms. The highest BCUT2D eigenvalue weighted by Crippen LogP contribution is 2.31. The first-order valence-electron chi connectivity index (χ1n) is 10.1. The Morgan fingerprint density at radius 2 is 1.28 bits per heavy atom. The van der Waals surface area contributed by atoms with Gasteiger partial charge in [-0.25, -0.2) is 0 Å². The van der Waals surface area contributed by atoms with Gasteiger partial charge in [-0.2, -0.15) is 0 Å². The zero-order valence-electron chi connectivity index (χ0n) is 17.8. The van der Waals surface area contributed by atoms with Crippen LogP contribution in [0.1, 0.15) is 79.6 Å². The molecule has 1 unspecified atom stereocenters. The van der Waals surface area contributed by atoms with Gasteiger partial charge in [-0.05, 0) is 34.1 Å². The minimum atomic E-state index is -0.961. The van der Waals surface area contributed by atoms with Gasteiger partial charge in [0.25, 0.3) is 5.97 Å². The summed E-state index contributed by atoms with van der Waals surface area (Å²) < 4.78 is 23.1. The van der Waals surface area contributed by atoms with Crippen LogP contribution in [0, 0.1) is 5.92 Å². The van der Waals surface area contributed by atoms with Crippen LogP contribution >= 0.6 is 0 Å². The maximum Gasteiger partial charge on any atom is 0.288 e. The van der Waals surface area contributed by atoms with Crippen LogP contribution < -0.4 is 0 Å². The van der Waals surface area contributed by atoms with Gasteiger partial charge in [-0.1, -0.05) is 51.5 Å². The van der Waals surface area contributed by atoms with Gasteiger partial charge in [0.15, 0.2) is 0 Å². The maximum absolute atomic E-state index is 5.90. The van der Waals surface area contributed by atoms with Crippen molar-refractivity contribution >= 4 is 0 Å². The van der Waals surface area contributed by atoms with E-state index in [2.05, 4.69) is 13.5 Å². The number of unbranched alkanes of at least 4 members (excludes halogenated alkanes) is 5. The normalized spacial score (nSPS) is 12.4. The lowest BCUT2D eigenvalue weighted by molar-refractivity contribution is -0.405. The number of hydrogen-bond acceptors (Lipinski definition) is 4. The molecular weight excluding hydrogens is 316 g/mol. The van der Waals surface area contributed by atoms with E-state index in [-0.39, 0.29) is 5.92 Å². The predicted molar refractivity (Wildman–Crippen MR) is 107 cm³/mol. The molecule has 152 valence electrons.